The zero-order valence-electron chi connectivity index (χ0n) is 9.88. The summed E-state index contributed by atoms with van der Waals surface area (Å²) in [6.07, 6.45) is 6.16. The number of hydrogen-bond donors (Lipinski definition) is 0. The normalized spacial score (nSPS) is 18.5. The van der Waals surface area contributed by atoms with Gasteiger partial charge < -0.3 is 9.47 Å². The molecule has 0 bridgehead atoms. The van der Waals surface area contributed by atoms with Gasteiger partial charge in [-0.25, -0.2) is 0 Å². The lowest BCUT2D eigenvalue weighted by Gasteiger charge is -2.10. The zero-order chi connectivity index (χ0) is 11.3. The predicted molar refractivity (Wildman–Crippen MR) is 62.1 cm³/mol. The van der Waals surface area contributed by atoms with Gasteiger partial charge in [0.25, 0.3) is 0 Å². The summed E-state index contributed by atoms with van der Waals surface area (Å²) in [5, 5.41) is 0. The van der Waals surface area contributed by atoms with E-state index in [1.165, 1.54) is 18.4 Å². The Hall–Kier alpha value is -1.18. The fraction of sp³-hybridized carbons (Fsp3) is 0.538. The standard InChI is InChI=1S/C13H20O2/c1-5-7-10(3)11(4)8-13-12(6-2)14-9-15-13/h6,8,10H,2,5,7,9H2,1,3-4H3/b11-8+. The summed E-state index contributed by atoms with van der Waals surface area (Å²) in [5.74, 6) is 2.15. The van der Waals surface area contributed by atoms with Crippen molar-refractivity contribution in [3.05, 3.63) is 35.8 Å². The Morgan fingerprint density at radius 2 is 2.13 bits per heavy atom. The van der Waals surface area contributed by atoms with Crippen molar-refractivity contribution < 1.29 is 9.47 Å². The van der Waals surface area contributed by atoms with Gasteiger partial charge in [-0.05, 0) is 31.4 Å². The molecule has 1 rings (SSSR count). The van der Waals surface area contributed by atoms with Gasteiger partial charge in [0, 0.05) is 0 Å². The van der Waals surface area contributed by atoms with E-state index < -0.39 is 0 Å². The molecule has 15 heavy (non-hydrogen) atoms. The fourth-order valence-corrected chi connectivity index (χ4v) is 1.58. The van der Waals surface area contributed by atoms with Gasteiger partial charge in [-0.15, -0.1) is 0 Å². The van der Waals surface area contributed by atoms with Gasteiger partial charge in [0.2, 0.25) is 6.79 Å². The molecule has 0 radical (unpaired) electrons. The second-order valence-electron chi connectivity index (χ2n) is 3.92. The van der Waals surface area contributed by atoms with Crippen LogP contribution in [0.1, 0.15) is 33.6 Å². The third-order valence-electron chi connectivity index (χ3n) is 2.71. The SMILES string of the molecule is C=CC1=C(/C=C(\C)C(C)CCC)OCO1. The first-order valence-corrected chi connectivity index (χ1v) is 5.49. The van der Waals surface area contributed by atoms with E-state index >= 15 is 0 Å². The van der Waals surface area contributed by atoms with Crippen LogP contribution in [0.25, 0.3) is 0 Å². The van der Waals surface area contributed by atoms with Crippen molar-refractivity contribution in [3.8, 4) is 0 Å². The molecule has 1 heterocycles. The van der Waals surface area contributed by atoms with Crippen LogP contribution >= 0.6 is 0 Å². The minimum Gasteiger partial charge on any atom is -0.454 e. The first-order chi connectivity index (χ1) is 7.19. The summed E-state index contributed by atoms with van der Waals surface area (Å²) in [5.41, 5.74) is 1.33. The van der Waals surface area contributed by atoms with E-state index in [1.807, 2.05) is 0 Å². The number of hydrogen-bond acceptors (Lipinski definition) is 2. The second kappa shape index (κ2) is 5.64. The van der Waals surface area contributed by atoms with Crippen molar-refractivity contribution in [1.29, 1.82) is 0 Å². The Morgan fingerprint density at radius 3 is 2.73 bits per heavy atom. The third kappa shape index (κ3) is 3.15. The topological polar surface area (TPSA) is 18.5 Å². The first-order valence-electron chi connectivity index (χ1n) is 5.49. The summed E-state index contributed by atoms with van der Waals surface area (Å²) in [6.45, 7) is 10.6. The molecule has 0 spiro atoms. The van der Waals surface area contributed by atoms with Crippen molar-refractivity contribution in [3.63, 3.8) is 0 Å². The molecule has 0 amide bonds. The molecular formula is C13H20O2. The lowest BCUT2D eigenvalue weighted by molar-refractivity contribution is 0.0777. The highest BCUT2D eigenvalue weighted by molar-refractivity contribution is 5.28. The van der Waals surface area contributed by atoms with Gasteiger partial charge in [-0.1, -0.05) is 32.4 Å². The van der Waals surface area contributed by atoms with E-state index in [1.54, 1.807) is 6.08 Å². The zero-order valence-corrected chi connectivity index (χ0v) is 9.88. The number of allylic oxidation sites excluding steroid dienone is 3. The van der Waals surface area contributed by atoms with E-state index in [4.69, 9.17) is 9.47 Å². The first kappa shape index (κ1) is 11.9. The molecule has 1 aliphatic rings. The van der Waals surface area contributed by atoms with Crippen molar-refractivity contribution in [2.45, 2.75) is 33.6 Å². The number of ether oxygens (including phenoxy) is 2. The average molecular weight is 208 g/mol. The largest absolute Gasteiger partial charge is 0.454 e. The van der Waals surface area contributed by atoms with Crippen molar-refractivity contribution in [2.24, 2.45) is 5.92 Å². The van der Waals surface area contributed by atoms with Gasteiger partial charge in [0.05, 0.1) is 0 Å². The van der Waals surface area contributed by atoms with Crippen LogP contribution in [0.4, 0.5) is 0 Å². The Bertz CT molecular complexity index is 287. The van der Waals surface area contributed by atoms with Crippen molar-refractivity contribution >= 4 is 0 Å². The molecule has 0 aromatic heterocycles. The van der Waals surface area contributed by atoms with Gasteiger partial charge in [0.15, 0.2) is 11.5 Å². The maximum atomic E-state index is 5.37. The Kier molecular flexibility index (Phi) is 4.47. The highest BCUT2D eigenvalue weighted by atomic mass is 16.7. The Balaban J connectivity index is 2.73. The third-order valence-corrected chi connectivity index (χ3v) is 2.71. The Morgan fingerprint density at radius 1 is 1.47 bits per heavy atom. The quantitative estimate of drug-likeness (QED) is 0.684. The highest BCUT2D eigenvalue weighted by Crippen LogP contribution is 2.23. The van der Waals surface area contributed by atoms with Gasteiger partial charge in [-0.3, -0.25) is 0 Å². The maximum absolute atomic E-state index is 5.37. The van der Waals surface area contributed by atoms with Crippen LogP contribution in [0.15, 0.2) is 35.8 Å². The van der Waals surface area contributed by atoms with Crippen LogP contribution in [-0.4, -0.2) is 6.79 Å². The van der Waals surface area contributed by atoms with Crippen LogP contribution < -0.4 is 0 Å². The molecule has 2 heteroatoms. The van der Waals surface area contributed by atoms with Crippen molar-refractivity contribution in [1.82, 2.24) is 0 Å². The van der Waals surface area contributed by atoms with Gasteiger partial charge in [-0.2, -0.15) is 0 Å². The summed E-state index contributed by atoms with van der Waals surface area (Å²) in [6, 6.07) is 0. The summed E-state index contributed by atoms with van der Waals surface area (Å²) < 4.78 is 10.6. The molecule has 1 unspecified atom stereocenters. The van der Waals surface area contributed by atoms with Crippen LogP contribution in [0.3, 0.4) is 0 Å². The van der Waals surface area contributed by atoms with Crippen LogP contribution in [-0.2, 0) is 9.47 Å². The molecule has 1 atom stereocenters. The molecule has 2 nitrogen and oxygen atoms in total. The fourth-order valence-electron chi connectivity index (χ4n) is 1.58. The van der Waals surface area contributed by atoms with Gasteiger partial charge >= 0.3 is 0 Å². The minimum atomic E-state index is 0.308. The summed E-state index contributed by atoms with van der Waals surface area (Å²) in [7, 11) is 0. The minimum absolute atomic E-state index is 0.308. The molecule has 0 saturated carbocycles. The predicted octanol–water partition coefficient (Wildman–Crippen LogP) is 3.77. The van der Waals surface area contributed by atoms with E-state index in [0.717, 1.165) is 11.5 Å². The summed E-state index contributed by atoms with van der Waals surface area (Å²) >= 11 is 0. The van der Waals surface area contributed by atoms with E-state index in [-0.39, 0.29) is 0 Å². The molecule has 1 aliphatic heterocycles. The second-order valence-corrected chi connectivity index (χ2v) is 3.92. The molecule has 0 aromatic carbocycles. The van der Waals surface area contributed by atoms with E-state index in [9.17, 15) is 0 Å². The lowest BCUT2D eigenvalue weighted by Crippen LogP contribution is -1.96. The van der Waals surface area contributed by atoms with Crippen LogP contribution in [0, 0.1) is 5.92 Å². The molecule has 0 aromatic rings. The molecule has 0 N–H and O–H groups in total. The van der Waals surface area contributed by atoms with Crippen LogP contribution in [0.2, 0.25) is 0 Å². The molecule has 84 valence electrons. The Labute approximate surface area is 92.3 Å². The highest BCUT2D eigenvalue weighted by Gasteiger charge is 2.13. The summed E-state index contributed by atoms with van der Waals surface area (Å²) in [4.78, 5) is 0. The van der Waals surface area contributed by atoms with E-state index in [2.05, 4.69) is 33.4 Å². The van der Waals surface area contributed by atoms with Crippen LogP contribution in [0.5, 0.6) is 0 Å². The van der Waals surface area contributed by atoms with Gasteiger partial charge in [0.1, 0.15) is 0 Å². The average Bonchev–Trinajstić information content (AvgIpc) is 2.65. The lowest BCUT2D eigenvalue weighted by atomic mass is 9.97. The van der Waals surface area contributed by atoms with Crippen molar-refractivity contribution in [2.75, 3.05) is 6.79 Å². The molecule has 0 saturated heterocycles. The molecule has 0 aliphatic carbocycles. The maximum Gasteiger partial charge on any atom is 0.231 e. The molecular weight excluding hydrogens is 188 g/mol. The monoisotopic (exact) mass is 208 g/mol. The smallest absolute Gasteiger partial charge is 0.231 e. The number of rotatable bonds is 5. The van der Waals surface area contributed by atoms with E-state index in [0.29, 0.717) is 12.7 Å². The molecule has 0 fully saturated rings.